The molecule has 2 rings (SSSR count). The fourth-order valence-corrected chi connectivity index (χ4v) is 2.50. The van der Waals surface area contributed by atoms with E-state index in [1.807, 2.05) is 6.92 Å². The molecule has 1 unspecified atom stereocenters. The predicted octanol–water partition coefficient (Wildman–Crippen LogP) is -3.91. The Hall–Kier alpha value is -0.280. The van der Waals surface area contributed by atoms with Crippen LogP contribution in [-0.4, -0.2) is 32.2 Å². The highest BCUT2D eigenvalue weighted by atomic mass is 35.5. The van der Waals surface area contributed by atoms with E-state index in [4.69, 9.17) is 4.74 Å². The second-order valence-electron chi connectivity index (χ2n) is 3.82. The van der Waals surface area contributed by atoms with Gasteiger partial charge in [-0.3, -0.25) is 4.79 Å². The van der Waals surface area contributed by atoms with E-state index in [1.165, 1.54) is 19.5 Å². The number of hydrogen-bond donors (Lipinski definition) is 1. The molecule has 1 N–H and O–H groups in total. The van der Waals surface area contributed by atoms with Gasteiger partial charge in [0.1, 0.15) is 5.92 Å². The van der Waals surface area contributed by atoms with E-state index in [1.54, 1.807) is 4.90 Å². The van der Waals surface area contributed by atoms with Crippen molar-refractivity contribution in [3.05, 3.63) is 0 Å². The number of fused-ring (bicyclic) bond motifs is 2. The van der Waals surface area contributed by atoms with Gasteiger partial charge in [-0.25, -0.2) is 0 Å². The third kappa shape index (κ3) is 1.97. The minimum atomic E-state index is 0. The van der Waals surface area contributed by atoms with Gasteiger partial charge in [0.15, 0.2) is 0 Å². The summed E-state index contributed by atoms with van der Waals surface area (Å²) in [6, 6.07) is 0. The highest BCUT2D eigenvalue weighted by Crippen LogP contribution is 2.22. The van der Waals surface area contributed by atoms with Crippen molar-refractivity contribution >= 4 is 5.97 Å². The Morgan fingerprint density at radius 3 is 2.77 bits per heavy atom. The fraction of sp³-hybridized carbons (Fsp3) is 0.889. The summed E-state index contributed by atoms with van der Waals surface area (Å²) >= 11 is 0. The zero-order chi connectivity index (χ0) is 8.55. The minimum Gasteiger partial charge on any atom is -1.00 e. The molecule has 0 saturated carbocycles. The number of halogens is 1. The molecule has 0 aliphatic carbocycles. The number of carbonyl (C=O) groups is 1. The number of rotatable bonds is 2. The maximum absolute atomic E-state index is 11.4. The van der Waals surface area contributed by atoms with E-state index >= 15 is 0 Å². The van der Waals surface area contributed by atoms with Crippen LogP contribution in [0.2, 0.25) is 0 Å². The standard InChI is InChI=1S/C9H15NO2.ClH/c1-2-12-9(11)8-6-10-4-3-7(8)5-10;/h7-8H,2-6H2,1H3;1H/t7-,8+;/m0./s1. The lowest BCUT2D eigenvalue weighted by molar-refractivity contribution is -0.880. The predicted molar refractivity (Wildman–Crippen MR) is 43.8 cm³/mol. The quantitative estimate of drug-likeness (QED) is 0.468. The Labute approximate surface area is 84.8 Å². The molecule has 76 valence electrons. The molecular weight excluding hydrogens is 190 g/mol. The second-order valence-corrected chi connectivity index (χ2v) is 3.82. The summed E-state index contributed by atoms with van der Waals surface area (Å²) in [7, 11) is 0. The van der Waals surface area contributed by atoms with E-state index < -0.39 is 0 Å². The lowest BCUT2D eigenvalue weighted by atomic mass is 9.93. The molecule has 13 heavy (non-hydrogen) atoms. The maximum atomic E-state index is 11.4. The monoisotopic (exact) mass is 205 g/mol. The Balaban J connectivity index is 0.000000845. The zero-order valence-electron chi connectivity index (χ0n) is 7.88. The van der Waals surface area contributed by atoms with Gasteiger partial charge in [0.25, 0.3) is 0 Å². The largest absolute Gasteiger partial charge is 1.00 e. The van der Waals surface area contributed by atoms with Crippen LogP contribution in [0.5, 0.6) is 0 Å². The van der Waals surface area contributed by atoms with Gasteiger partial charge < -0.3 is 22.0 Å². The van der Waals surface area contributed by atoms with Gasteiger partial charge in [0.2, 0.25) is 0 Å². The summed E-state index contributed by atoms with van der Waals surface area (Å²) < 4.78 is 5.03. The summed E-state index contributed by atoms with van der Waals surface area (Å²) in [4.78, 5) is 13.0. The highest BCUT2D eigenvalue weighted by molar-refractivity contribution is 5.73. The number of ether oxygens (including phenoxy) is 1. The minimum absolute atomic E-state index is 0. The van der Waals surface area contributed by atoms with E-state index in [2.05, 4.69) is 0 Å². The van der Waals surface area contributed by atoms with E-state index in [0.717, 1.165) is 6.54 Å². The topological polar surface area (TPSA) is 30.7 Å². The number of piperidine rings is 1. The molecule has 3 nitrogen and oxygen atoms in total. The molecule has 0 amide bonds. The molecule has 2 saturated heterocycles. The lowest BCUT2D eigenvalue weighted by Gasteiger charge is -2.16. The van der Waals surface area contributed by atoms with Gasteiger partial charge in [-0.05, 0) is 6.92 Å². The molecule has 4 heteroatoms. The summed E-state index contributed by atoms with van der Waals surface area (Å²) in [5.41, 5.74) is 0. The van der Waals surface area contributed by atoms with Crippen LogP contribution in [0.3, 0.4) is 0 Å². The van der Waals surface area contributed by atoms with Crippen molar-refractivity contribution in [3.8, 4) is 0 Å². The summed E-state index contributed by atoms with van der Waals surface area (Å²) in [6.45, 7) is 5.88. The molecule has 0 radical (unpaired) electrons. The number of quaternary nitrogens is 1. The van der Waals surface area contributed by atoms with Gasteiger partial charge >= 0.3 is 5.97 Å². The lowest BCUT2D eigenvalue weighted by Crippen LogP contribution is -3.09. The van der Waals surface area contributed by atoms with Crippen LogP contribution in [0.4, 0.5) is 0 Å². The third-order valence-corrected chi connectivity index (χ3v) is 3.09. The Kier molecular flexibility index (Phi) is 3.56. The average molecular weight is 206 g/mol. The van der Waals surface area contributed by atoms with Crippen molar-refractivity contribution in [2.45, 2.75) is 13.3 Å². The van der Waals surface area contributed by atoms with Crippen LogP contribution >= 0.6 is 0 Å². The number of carbonyl (C=O) groups excluding carboxylic acids is 1. The van der Waals surface area contributed by atoms with Crippen LogP contribution in [0.25, 0.3) is 0 Å². The molecule has 2 heterocycles. The molecule has 0 aromatic rings. The molecule has 2 aliphatic rings. The van der Waals surface area contributed by atoms with Crippen molar-refractivity contribution in [2.24, 2.45) is 11.8 Å². The van der Waals surface area contributed by atoms with Gasteiger partial charge in [0, 0.05) is 12.3 Å². The molecule has 0 aromatic carbocycles. The molecule has 2 bridgehead atoms. The first-order valence-corrected chi connectivity index (χ1v) is 4.81. The van der Waals surface area contributed by atoms with Crippen LogP contribution in [0, 0.1) is 11.8 Å². The smallest absolute Gasteiger partial charge is 0.315 e. The first-order chi connectivity index (χ1) is 5.81. The van der Waals surface area contributed by atoms with Crippen molar-refractivity contribution in [2.75, 3.05) is 26.2 Å². The van der Waals surface area contributed by atoms with Crippen molar-refractivity contribution in [3.63, 3.8) is 0 Å². The molecule has 2 aliphatic heterocycles. The van der Waals surface area contributed by atoms with E-state index in [0.29, 0.717) is 12.5 Å². The summed E-state index contributed by atoms with van der Waals surface area (Å²) in [5, 5.41) is 0. The van der Waals surface area contributed by atoms with Gasteiger partial charge in [-0.1, -0.05) is 0 Å². The molecule has 0 spiro atoms. The third-order valence-electron chi connectivity index (χ3n) is 3.09. The number of nitrogens with one attached hydrogen (secondary N) is 1. The van der Waals surface area contributed by atoms with E-state index in [9.17, 15) is 4.79 Å². The van der Waals surface area contributed by atoms with Crippen LogP contribution in [0.1, 0.15) is 13.3 Å². The zero-order valence-corrected chi connectivity index (χ0v) is 8.64. The van der Waals surface area contributed by atoms with Gasteiger partial charge in [-0.15, -0.1) is 0 Å². The fourth-order valence-electron chi connectivity index (χ4n) is 2.50. The molecule has 2 fully saturated rings. The summed E-state index contributed by atoms with van der Waals surface area (Å²) in [6.07, 6.45) is 1.22. The van der Waals surface area contributed by atoms with Gasteiger partial charge in [-0.2, -0.15) is 0 Å². The van der Waals surface area contributed by atoms with Crippen LogP contribution < -0.4 is 17.3 Å². The van der Waals surface area contributed by atoms with Crippen molar-refractivity contribution in [1.29, 1.82) is 0 Å². The van der Waals surface area contributed by atoms with Gasteiger partial charge in [0.05, 0.1) is 26.2 Å². The van der Waals surface area contributed by atoms with Crippen molar-refractivity contribution < 1.29 is 26.8 Å². The van der Waals surface area contributed by atoms with Crippen LogP contribution in [0.15, 0.2) is 0 Å². The number of esters is 1. The second kappa shape index (κ2) is 4.29. The molecule has 3 atom stereocenters. The normalized spacial score (nSPS) is 35.6. The highest BCUT2D eigenvalue weighted by Gasteiger charge is 2.46. The summed E-state index contributed by atoms with van der Waals surface area (Å²) in [5.74, 6) is 0.880. The Morgan fingerprint density at radius 2 is 2.31 bits per heavy atom. The van der Waals surface area contributed by atoms with E-state index in [-0.39, 0.29) is 24.3 Å². The first-order valence-electron chi connectivity index (χ1n) is 4.81. The SMILES string of the molecule is CCOC(=O)[C@@H]1C[NH+]2CC[C@H]1C2.[Cl-]. The van der Waals surface area contributed by atoms with Crippen molar-refractivity contribution in [1.82, 2.24) is 0 Å². The van der Waals surface area contributed by atoms with Crippen LogP contribution in [-0.2, 0) is 9.53 Å². The molecular formula is C9H16ClNO2. The average Bonchev–Trinajstić information content (AvgIpc) is 2.64. The number of hydrogen-bond acceptors (Lipinski definition) is 2. The molecule has 0 aromatic heterocycles. The maximum Gasteiger partial charge on any atom is 0.315 e. The Bertz CT molecular complexity index is 198. The first kappa shape index (κ1) is 10.8. The Morgan fingerprint density at radius 1 is 1.54 bits per heavy atom.